The molecule has 11 heteroatoms. The van der Waals surface area contributed by atoms with Crippen LogP contribution in [0.15, 0.2) is 29.4 Å². The molecular formula is C18H20ClN3O6S. The van der Waals surface area contributed by atoms with Gasteiger partial charge in [0.2, 0.25) is 5.91 Å². The zero-order valence-electron chi connectivity index (χ0n) is 15.6. The Morgan fingerprint density at radius 1 is 1.34 bits per heavy atom. The molecule has 1 aromatic carbocycles. The van der Waals surface area contributed by atoms with Crippen molar-refractivity contribution < 1.29 is 27.5 Å². The van der Waals surface area contributed by atoms with E-state index in [4.69, 9.17) is 16.3 Å². The molecular weight excluding hydrogens is 422 g/mol. The third kappa shape index (κ3) is 5.33. The highest BCUT2D eigenvalue weighted by Gasteiger charge is 2.37. The Balaban J connectivity index is 1.63. The fourth-order valence-corrected chi connectivity index (χ4v) is 4.95. The molecule has 0 saturated carbocycles. The molecule has 0 bridgehead atoms. The Hall–Kier alpha value is -2.46. The van der Waals surface area contributed by atoms with Crippen LogP contribution < -0.4 is 5.32 Å². The number of benzene rings is 1. The lowest BCUT2D eigenvalue weighted by Gasteiger charge is -2.27. The van der Waals surface area contributed by atoms with Crippen molar-refractivity contribution in [1.29, 1.82) is 0 Å². The molecule has 2 atom stereocenters. The summed E-state index contributed by atoms with van der Waals surface area (Å²) >= 11 is 5.87. The molecule has 1 fully saturated rings. The first-order valence-electron chi connectivity index (χ1n) is 9.02. The van der Waals surface area contributed by atoms with Gasteiger partial charge >= 0.3 is 5.97 Å². The van der Waals surface area contributed by atoms with Gasteiger partial charge in [0.25, 0.3) is 5.91 Å². The third-order valence-electron chi connectivity index (χ3n) is 4.59. The number of nitrogens with one attached hydrogen (secondary N) is 1. The van der Waals surface area contributed by atoms with Crippen LogP contribution in [0.1, 0.15) is 26.2 Å². The molecule has 0 radical (unpaired) electrons. The predicted molar refractivity (Wildman–Crippen MR) is 106 cm³/mol. The minimum atomic E-state index is -3.21. The van der Waals surface area contributed by atoms with E-state index in [0.29, 0.717) is 10.7 Å². The molecule has 0 aromatic heterocycles. The SMILES string of the molecule is C[C@H](OC(=O)C1=NN([C@@H]2CCS(=O)(=O)C2)C(=O)CC1)C(=O)Nc1cccc(Cl)c1. The number of sulfone groups is 1. The molecule has 29 heavy (non-hydrogen) atoms. The van der Waals surface area contributed by atoms with Gasteiger partial charge in [-0.3, -0.25) is 9.59 Å². The van der Waals surface area contributed by atoms with Gasteiger partial charge in [-0.25, -0.2) is 18.2 Å². The molecule has 156 valence electrons. The average Bonchev–Trinajstić information content (AvgIpc) is 3.01. The van der Waals surface area contributed by atoms with Gasteiger partial charge in [-0.15, -0.1) is 0 Å². The number of amides is 2. The second kappa shape index (κ2) is 8.50. The van der Waals surface area contributed by atoms with Gasteiger partial charge in [-0.2, -0.15) is 5.10 Å². The number of rotatable bonds is 5. The molecule has 2 aliphatic heterocycles. The van der Waals surface area contributed by atoms with Crippen LogP contribution in [0.4, 0.5) is 5.69 Å². The van der Waals surface area contributed by atoms with Crippen LogP contribution in [0.25, 0.3) is 0 Å². The molecule has 2 heterocycles. The molecule has 9 nitrogen and oxygen atoms in total. The highest BCUT2D eigenvalue weighted by atomic mass is 35.5. The Morgan fingerprint density at radius 2 is 2.10 bits per heavy atom. The van der Waals surface area contributed by atoms with E-state index in [-0.39, 0.29) is 42.4 Å². The molecule has 1 aromatic rings. The van der Waals surface area contributed by atoms with Crippen LogP contribution in [0.2, 0.25) is 5.02 Å². The monoisotopic (exact) mass is 441 g/mol. The minimum absolute atomic E-state index is 0.0164. The quantitative estimate of drug-likeness (QED) is 0.688. The fraction of sp³-hybridized carbons (Fsp3) is 0.444. The summed E-state index contributed by atoms with van der Waals surface area (Å²) in [5.74, 6) is -1.90. The normalized spacial score (nSPS) is 22.0. The second-order valence-corrected chi connectivity index (χ2v) is 9.55. The number of hydrogen-bond acceptors (Lipinski definition) is 7. The van der Waals surface area contributed by atoms with Gasteiger partial charge in [-0.05, 0) is 31.5 Å². The molecule has 0 unspecified atom stereocenters. The van der Waals surface area contributed by atoms with Crippen LogP contribution in [0.5, 0.6) is 0 Å². The van der Waals surface area contributed by atoms with Crippen LogP contribution in [0, 0.1) is 0 Å². The fourth-order valence-electron chi connectivity index (χ4n) is 3.06. The van der Waals surface area contributed by atoms with E-state index in [1.807, 2.05) is 0 Å². The first-order chi connectivity index (χ1) is 13.6. The van der Waals surface area contributed by atoms with Crippen LogP contribution in [0.3, 0.4) is 0 Å². The molecule has 0 spiro atoms. The largest absolute Gasteiger partial charge is 0.448 e. The lowest BCUT2D eigenvalue weighted by atomic mass is 10.1. The van der Waals surface area contributed by atoms with Gasteiger partial charge in [0.15, 0.2) is 15.9 Å². The van der Waals surface area contributed by atoms with Gasteiger partial charge in [0.1, 0.15) is 5.71 Å². The van der Waals surface area contributed by atoms with Crippen molar-refractivity contribution in [2.24, 2.45) is 5.10 Å². The van der Waals surface area contributed by atoms with E-state index in [1.54, 1.807) is 24.3 Å². The minimum Gasteiger partial charge on any atom is -0.448 e. The summed E-state index contributed by atoms with van der Waals surface area (Å²) in [7, 11) is -3.21. The summed E-state index contributed by atoms with van der Waals surface area (Å²) in [6.45, 7) is 1.41. The standard InChI is InChI=1S/C18H20ClN3O6S/c1-11(17(24)20-13-4-2-3-12(19)9-13)28-18(25)15-5-6-16(23)22(21-15)14-7-8-29(26,27)10-14/h2-4,9,11,14H,5-8,10H2,1H3,(H,20,24)/t11-,14+/m0/s1. The maximum atomic E-state index is 12.4. The summed E-state index contributed by atoms with van der Waals surface area (Å²) in [6, 6.07) is 5.94. The van der Waals surface area contributed by atoms with Crippen molar-refractivity contribution in [3.8, 4) is 0 Å². The summed E-state index contributed by atoms with van der Waals surface area (Å²) in [4.78, 5) is 36.8. The highest BCUT2D eigenvalue weighted by molar-refractivity contribution is 7.91. The number of hydrazone groups is 1. The third-order valence-corrected chi connectivity index (χ3v) is 6.58. The number of carbonyl (C=O) groups is 3. The lowest BCUT2D eigenvalue weighted by molar-refractivity contribution is -0.147. The van der Waals surface area contributed by atoms with E-state index >= 15 is 0 Å². The van der Waals surface area contributed by atoms with Crippen LogP contribution in [-0.4, -0.2) is 60.6 Å². The topological polar surface area (TPSA) is 122 Å². The smallest absolute Gasteiger partial charge is 0.355 e. The van der Waals surface area contributed by atoms with E-state index in [0.717, 1.165) is 5.01 Å². The molecule has 2 aliphatic rings. The van der Waals surface area contributed by atoms with Crippen molar-refractivity contribution >= 4 is 50.6 Å². The first-order valence-corrected chi connectivity index (χ1v) is 11.2. The van der Waals surface area contributed by atoms with Crippen LogP contribution in [-0.2, 0) is 29.0 Å². The Labute approximate surface area is 173 Å². The maximum absolute atomic E-state index is 12.4. The van der Waals surface area contributed by atoms with Crippen molar-refractivity contribution in [3.63, 3.8) is 0 Å². The van der Waals surface area contributed by atoms with E-state index in [2.05, 4.69) is 10.4 Å². The molecule has 0 aliphatic carbocycles. The molecule has 1 N–H and O–H groups in total. The summed E-state index contributed by atoms with van der Waals surface area (Å²) in [6.07, 6.45) is -0.746. The van der Waals surface area contributed by atoms with Crippen molar-refractivity contribution in [2.45, 2.75) is 38.3 Å². The van der Waals surface area contributed by atoms with Crippen LogP contribution >= 0.6 is 11.6 Å². The van der Waals surface area contributed by atoms with Gasteiger partial charge < -0.3 is 10.1 Å². The van der Waals surface area contributed by atoms with Crippen molar-refractivity contribution in [3.05, 3.63) is 29.3 Å². The number of ether oxygens (including phenoxy) is 1. The summed E-state index contributed by atoms with van der Waals surface area (Å²) in [5.41, 5.74) is 0.441. The second-order valence-electron chi connectivity index (χ2n) is 6.89. The Morgan fingerprint density at radius 3 is 2.76 bits per heavy atom. The van der Waals surface area contributed by atoms with Gasteiger partial charge in [-0.1, -0.05) is 17.7 Å². The predicted octanol–water partition coefficient (Wildman–Crippen LogP) is 1.38. The zero-order valence-corrected chi connectivity index (χ0v) is 17.2. The van der Waals surface area contributed by atoms with Gasteiger partial charge in [0, 0.05) is 23.6 Å². The number of hydrogen-bond donors (Lipinski definition) is 1. The van der Waals surface area contributed by atoms with E-state index < -0.39 is 33.9 Å². The van der Waals surface area contributed by atoms with Crippen molar-refractivity contribution in [1.82, 2.24) is 5.01 Å². The summed E-state index contributed by atoms with van der Waals surface area (Å²) in [5, 5.41) is 8.14. The zero-order chi connectivity index (χ0) is 21.2. The maximum Gasteiger partial charge on any atom is 0.355 e. The van der Waals surface area contributed by atoms with Gasteiger partial charge in [0.05, 0.1) is 17.5 Å². The Bertz CT molecular complexity index is 978. The van der Waals surface area contributed by atoms with E-state index in [9.17, 15) is 22.8 Å². The average molecular weight is 442 g/mol. The van der Waals surface area contributed by atoms with Crippen molar-refractivity contribution in [2.75, 3.05) is 16.8 Å². The number of esters is 1. The summed E-state index contributed by atoms with van der Waals surface area (Å²) < 4.78 is 28.5. The number of halogens is 1. The lowest BCUT2D eigenvalue weighted by Crippen LogP contribution is -2.42. The van der Waals surface area contributed by atoms with E-state index in [1.165, 1.54) is 6.92 Å². The number of anilines is 1. The Kier molecular flexibility index (Phi) is 6.23. The molecule has 2 amide bonds. The highest BCUT2D eigenvalue weighted by Crippen LogP contribution is 2.22. The number of carbonyl (C=O) groups excluding carboxylic acids is 3. The molecule has 3 rings (SSSR count). The first kappa shape index (κ1) is 21.3. The molecule has 1 saturated heterocycles. The number of nitrogens with zero attached hydrogens (tertiary/aromatic N) is 2.